The number of fused-ring (bicyclic) bond motifs is 1. The largest absolute Gasteiger partial charge is 0.356 e. The number of carbonyl (C=O) groups is 4. The second-order valence-electron chi connectivity index (χ2n) is 9.61. The Morgan fingerprint density at radius 2 is 1.75 bits per heavy atom. The number of aldehydes is 1. The molecular formula is C25H35N3O4. The van der Waals surface area contributed by atoms with Crippen LogP contribution in [-0.4, -0.2) is 42.6 Å². The predicted molar refractivity (Wildman–Crippen MR) is 121 cm³/mol. The zero-order valence-electron chi connectivity index (χ0n) is 19.0. The van der Waals surface area contributed by atoms with Gasteiger partial charge in [0.15, 0.2) is 0 Å². The quantitative estimate of drug-likeness (QED) is 0.608. The van der Waals surface area contributed by atoms with E-state index in [1.165, 1.54) is 0 Å². The highest BCUT2D eigenvalue weighted by Gasteiger charge is 2.37. The van der Waals surface area contributed by atoms with Crippen LogP contribution in [0.15, 0.2) is 30.3 Å². The van der Waals surface area contributed by atoms with Crippen molar-refractivity contribution in [3.05, 3.63) is 35.9 Å². The molecule has 2 saturated heterocycles. The lowest BCUT2D eigenvalue weighted by Gasteiger charge is -2.25. The molecule has 0 bridgehead atoms. The van der Waals surface area contributed by atoms with E-state index in [1.54, 1.807) is 0 Å². The zero-order chi connectivity index (χ0) is 23.1. The van der Waals surface area contributed by atoms with Gasteiger partial charge in [0.2, 0.25) is 17.7 Å². The van der Waals surface area contributed by atoms with Crippen molar-refractivity contribution in [2.45, 2.75) is 64.5 Å². The van der Waals surface area contributed by atoms with Crippen LogP contribution in [0.1, 0.15) is 51.5 Å². The Kier molecular flexibility index (Phi) is 8.42. The molecule has 1 aromatic rings. The molecule has 0 saturated carbocycles. The SMILES string of the molecule is CC(C)C[C@@H]1NC(=O)[C@H](Cc2ccccc2)CCC[C@H]2CNC(=O)[C@@H]2C[C@@H](C=O)NC1=O. The van der Waals surface area contributed by atoms with E-state index in [-0.39, 0.29) is 41.4 Å². The summed E-state index contributed by atoms with van der Waals surface area (Å²) in [7, 11) is 0. The topological polar surface area (TPSA) is 104 Å². The highest BCUT2D eigenvalue weighted by molar-refractivity contribution is 5.90. The molecule has 0 aromatic heterocycles. The Hall–Kier alpha value is -2.70. The maximum Gasteiger partial charge on any atom is 0.243 e. The van der Waals surface area contributed by atoms with E-state index in [0.29, 0.717) is 38.5 Å². The molecule has 7 nitrogen and oxygen atoms in total. The van der Waals surface area contributed by atoms with Crippen molar-refractivity contribution >= 4 is 24.0 Å². The Morgan fingerprint density at radius 1 is 1.00 bits per heavy atom. The molecule has 32 heavy (non-hydrogen) atoms. The number of carbonyl (C=O) groups excluding carboxylic acids is 4. The van der Waals surface area contributed by atoms with Crippen LogP contribution in [0.3, 0.4) is 0 Å². The molecule has 2 fully saturated rings. The van der Waals surface area contributed by atoms with Gasteiger partial charge in [0.1, 0.15) is 12.3 Å². The summed E-state index contributed by atoms with van der Waals surface area (Å²) in [6, 6.07) is 8.44. The summed E-state index contributed by atoms with van der Waals surface area (Å²) in [4.78, 5) is 50.4. The van der Waals surface area contributed by atoms with E-state index in [9.17, 15) is 19.2 Å². The standard InChI is InChI=1S/C25H35N3O4/c1-16(2)11-22-25(32)27-20(15-29)13-21-19(14-26-24(21)31)10-6-9-18(23(30)28-22)12-17-7-4-3-5-8-17/h3-5,7-8,15-16,18-22H,6,9-14H2,1-2H3,(H,26,31)(H,27,32)(H,28,30)/t18-,19-,20-,21+,22-/m0/s1. The summed E-state index contributed by atoms with van der Waals surface area (Å²) in [6.07, 6.45) is 4.37. The van der Waals surface area contributed by atoms with Crippen LogP contribution in [0.4, 0.5) is 0 Å². The lowest BCUT2D eigenvalue weighted by atomic mass is 9.84. The van der Waals surface area contributed by atoms with Gasteiger partial charge in [-0.25, -0.2) is 0 Å². The number of hydrogen-bond acceptors (Lipinski definition) is 4. The van der Waals surface area contributed by atoms with Crippen molar-refractivity contribution in [2.75, 3.05) is 6.54 Å². The Bertz CT molecular complexity index is 811. The maximum atomic E-state index is 13.3. The third-order valence-electron chi connectivity index (χ3n) is 6.61. The molecule has 2 aliphatic rings. The molecule has 3 N–H and O–H groups in total. The van der Waals surface area contributed by atoms with Crippen molar-refractivity contribution in [1.29, 1.82) is 0 Å². The first-order chi connectivity index (χ1) is 15.4. The summed E-state index contributed by atoms with van der Waals surface area (Å²) in [5.74, 6) is -0.814. The van der Waals surface area contributed by atoms with Crippen molar-refractivity contribution in [3.8, 4) is 0 Å². The summed E-state index contributed by atoms with van der Waals surface area (Å²) >= 11 is 0. The van der Waals surface area contributed by atoms with E-state index in [1.807, 2.05) is 44.2 Å². The van der Waals surface area contributed by atoms with Crippen LogP contribution in [0.5, 0.6) is 0 Å². The molecule has 0 spiro atoms. The lowest BCUT2D eigenvalue weighted by Crippen LogP contribution is -2.52. The van der Waals surface area contributed by atoms with Crippen LogP contribution >= 0.6 is 0 Å². The van der Waals surface area contributed by atoms with Gasteiger partial charge in [-0.3, -0.25) is 14.4 Å². The molecule has 3 amide bonds. The molecule has 2 aliphatic heterocycles. The first kappa shape index (κ1) is 24.0. The smallest absolute Gasteiger partial charge is 0.243 e. The fourth-order valence-electron chi connectivity index (χ4n) is 4.87. The minimum Gasteiger partial charge on any atom is -0.356 e. The van der Waals surface area contributed by atoms with Gasteiger partial charge in [-0.1, -0.05) is 50.6 Å². The molecule has 0 radical (unpaired) electrons. The van der Waals surface area contributed by atoms with E-state index in [2.05, 4.69) is 16.0 Å². The van der Waals surface area contributed by atoms with Gasteiger partial charge < -0.3 is 20.7 Å². The minimum atomic E-state index is -0.744. The van der Waals surface area contributed by atoms with Crippen LogP contribution in [0.2, 0.25) is 0 Å². The van der Waals surface area contributed by atoms with Gasteiger partial charge in [-0.2, -0.15) is 0 Å². The number of hydrogen-bond donors (Lipinski definition) is 3. The van der Waals surface area contributed by atoms with E-state index >= 15 is 0 Å². The van der Waals surface area contributed by atoms with Gasteiger partial charge >= 0.3 is 0 Å². The number of amides is 3. The first-order valence-corrected chi connectivity index (χ1v) is 11.7. The molecule has 0 unspecified atom stereocenters. The van der Waals surface area contributed by atoms with Gasteiger partial charge in [0.25, 0.3) is 0 Å². The highest BCUT2D eigenvalue weighted by Crippen LogP contribution is 2.29. The Morgan fingerprint density at radius 3 is 2.44 bits per heavy atom. The lowest BCUT2D eigenvalue weighted by molar-refractivity contribution is -0.132. The second kappa shape index (κ2) is 11.2. The minimum absolute atomic E-state index is 0.0558. The average Bonchev–Trinajstić information content (AvgIpc) is 3.11. The van der Waals surface area contributed by atoms with Crippen LogP contribution in [-0.2, 0) is 25.6 Å². The van der Waals surface area contributed by atoms with Crippen molar-refractivity contribution in [2.24, 2.45) is 23.7 Å². The molecular weight excluding hydrogens is 406 g/mol. The molecule has 5 atom stereocenters. The van der Waals surface area contributed by atoms with E-state index in [4.69, 9.17) is 0 Å². The molecule has 2 heterocycles. The van der Waals surface area contributed by atoms with Crippen LogP contribution in [0, 0.1) is 23.7 Å². The monoisotopic (exact) mass is 441 g/mol. The molecule has 3 rings (SSSR count). The van der Waals surface area contributed by atoms with Crippen molar-refractivity contribution in [3.63, 3.8) is 0 Å². The summed E-state index contributed by atoms with van der Waals surface area (Å²) in [5, 5.41) is 8.65. The van der Waals surface area contributed by atoms with Crippen molar-refractivity contribution in [1.82, 2.24) is 16.0 Å². The highest BCUT2D eigenvalue weighted by atomic mass is 16.2. The average molecular weight is 442 g/mol. The van der Waals surface area contributed by atoms with Crippen LogP contribution in [0.25, 0.3) is 0 Å². The van der Waals surface area contributed by atoms with Gasteiger partial charge in [0.05, 0.1) is 6.04 Å². The van der Waals surface area contributed by atoms with Gasteiger partial charge in [-0.15, -0.1) is 0 Å². The summed E-state index contributed by atoms with van der Waals surface area (Å²) in [6.45, 7) is 4.56. The molecule has 7 heteroatoms. The van der Waals surface area contributed by atoms with E-state index < -0.39 is 12.1 Å². The second-order valence-corrected chi connectivity index (χ2v) is 9.61. The first-order valence-electron chi connectivity index (χ1n) is 11.7. The van der Waals surface area contributed by atoms with E-state index in [0.717, 1.165) is 18.4 Å². The summed E-state index contributed by atoms with van der Waals surface area (Å²) in [5.41, 5.74) is 1.08. The third-order valence-corrected chi connectivity index (χ3v) is 6.61. The Balaban J connectivity index is 1.85. The third kappa shape index (κ3) is 6.40. The maximum absolute atomic E-state index is 13.3. The van der Waals surface area contributed by atoms with Crippen molar-refractivity contribution < 1.29 is 19.2 Å². The summed E-state index contributed by atoms with van der Waals surface area (Å²) < 4.78 is 0. The normalized spacial score (nSPS) is 29.6. The number of rotatable bonds is 5. The molecule has 174 valence electrons. The van der Waals surface area contributed by atoms with Crippen LogP contribution < -0.4 is 16.0 Å². The number of benzene rings is 1. The molecule has 0 aliphatic carbocycles. The Labute approximate surface area is 190 Å². The van der Waals surface area contributed by atoms with Gasteiger partial charge in [0, 0.05) is 18.4 Å². The fraction of sp³-hybridized carbons (Fsp3) is 0.600. The number of nitrogens with one attached hydrogen (secondary N) is 3. The predicted octanol–water partition coefficient (Wildman–Crippen LogP) is 2.00. The van der Waals surface area contributed by atoms with Gasteiger partial charge in [-0.05, 0) is 49.5 Å². The molecule has 1 aromatic carbocycles. The fourth-order valence-corrected chi connectivity index (χ4v) is 4.87. The zero-order valence-corrected chi connectivity index (χ0v) is 19.0.